The predicted molar refractivity (Wildman–Crippen MR) is 97.2 cm³/mol. The molecule has 0 radical (unpaired) electrons. The molecule has 0 aliphatic heterocycles. The molecule has 0 saturated heterocycles. The van der Waals surface area contributed by atoms with E-state index in [0.717, 1.165) is 17.1 Å². The van der Waals surface area contributed by atoms with Crippen molar-refractivity contribution in [2.24, 2.45) is 0 Å². The van der Waals surface area contributed by atoms with E-state index >= 15 is 0 Å². The molecule has 0 atom stereocenters. The van der Waals surface area contributed by atoms with Crippen molar-refractivity contribution in [3.63, 3.8) is 0 Å². The van der Waals surface area contributed by atoms with Crippen molar-refractivity contribution in [1.82, 2.24) is 9.78 Å². The van der Waals surface area contributed by atoms with E-state index in [2.05, 4.69) is 39.0 Å². The van der Waals surface area contributed by atoms with Gasteiger partial charge in [-0.15, -0.1) is 0 Å². The highest BCUT2D eigenvalue weighted by molar-refractivity contribution is 6.74. The molecule has 1 N–H and O–H groups in total. The third kappa shape index (κ3) is 3.94. The zero-order valence-electron chi connectivity index (χ0n) is 15.3. The summed E-state index contributed by atoms with van der Waals surface area (Å²) < 4.78 is 8.07. The molecule has 130 valence electrons. The number of rotatable bonds is 5. The highest BCUT2D eigenvalue weighted by Crippen LogP contribution is 2.37. The molecule has 0 aliphatic carbocycles. The van der Waals surface area contributed by atoms with Gasteiger partial charge in [-0.3, -0.25) is 0 Å². The van der Waals surface area contributed by atoms with E-state index in [1.807, 2.05) is 19.1 Å². The zero-order valence-corrected chi connectivity index (χ0v) is 16.3. The SMILES string of the molecule is Cc1cc(CO[Si](C)(C)C(C)(C)C)n(-c2cccc(C(=O)O)c2)n1. The minimum absolute atomic E-state index is 0.135. The van der Waals surface area contributed by atoms with Crippen molar-refractivity contribution in [2.45, 2.75) is 52.4 Å². The zero-order chi connectivity index (χ0) is 18.1. The number of aromatic carboxylic acids is 1. The summed E-state index contributed by atoms with van der Waals surface area (Å²) in [5, 5.41) is 13.8. The van der Waals surface area contributed by atoms with E-state index in [1.165, 1.54) is 0 Å². The van der Waals surface area contributed by atoms with Gasteiger partial charge in [0.25, 0.3) is 0 Å². The minimum Gasteiger partial charge on any atom is -0.478 e. The molecule has 1 aromatic heterocycles. The summed E-state index contributed by atoms with van der Waals surface area (Å²) in [7, 11) is -1.87. The lowest BCUT2D eigenvalue weighted by atomic mass is 10.2. The number of aryl methyl sites for hydroxylation is 1. The third-order valence-electron chi connectivity index (χ3n) is 4.63. The predicted octanol–water partition coefficient (Wildman–Crippen LogP) is 4.40. The summed E-state index contributed by atoms with van der Waals surface area (Å²) in [5.41, 5.74) is 2.79. The maximum Gasteiger partial charge on any atom is 0.335 e. The fourth-order valence-corrected chi connectivity index (χ4v) is 3.06. The van der Waals surface area contributed by atoms with E-state index in [0.29, 0.717) is 6.61 Å². The molecule has 5 nitrogen and oxygen atoms in total. The molecule has 0 spiro atoms. The van der Waals surface area contributed by atoms with E-state index in [4.69, 9.17) is 4.43 Å². The normalized spacial score (nSPS) is 12.4. The topological polar surface area (TPSA) is 64.3 Å². The van der Waals surface area contributed by atoms with E-state index < -0.39 is 14.3 Å². The van der Waals surface area contributed by atoms with Crippen molar-refractivity contribution >= 4 is 14.3 Å². The van der Waals surface area contributed by atoms with Crippen LogP contribution in [0.15, 0.2) is 30.3 Å². The van der Waals surface area contributed by atoms with Crippen LogP contribution < -0.4 is 0 Å². The van der Waals surface area contributed by atoms with Gasteiger partial charge in [0.1, 0.15) is 0 Å². The first-order valence-corrected chi connectivity index (χ1v) is 11.0. The number of hydrogen-bond acceptors (Lipinski definition) is 3. The molecule has 0 amide bonds. The van der Waals surface area contributed by atoms with Gasteiger partial charge >= 0.3 is 5.97 Å². The number of carboxylic acids is 1. The monoisotopic (exact) mass is 346 g/mol. The van der Waals surface area contributed by atoms with Crippen LogP contribution in [0.25, 0.3) is 5.69 Å². The molecule has 2 rings (SSSR count). The second-order valence-corrected chi connectivity index (χ2v) is 12.4. The quantitative estimate of drug-likeness (QED) is 0.815. The molecule has 0 saturated carbocycles. The van der Waals surface area contributed by atoms with Crippen LogP contribution in [-0.2, 0) is 11.0 Å². The number of carbonyl (C=O) groups is 1. The molecule has 0 aliphatic rings. The van der Waals surface area contributed by atoms with Gasteiger partial charge < -0.3 is 9.53 Å². The Morgan fingerprint density at radius 3 is 2.54 bits per heavy atom. The summed E-state index contributed by atoms with van der Waals surface area (Å²) in [6, 6.07) is 8.78. The lowest BCUT2D eigenvalue weighted by Crippen LogP contribution is -2.40. The maximum absolute atomic E-state index is 11.2. The molecule has 0 fully saturated rings. The lowest BCUT2D eigenvalue weighted by molar-refractivity contribution is 0.0697. The Bertz CT molecular complexity index is 745. The van der Waals surface area contributed by atoms with Gasteiger partial charge in [-0.05, 0) is 49.3 Å². The second-order valence-electron chi connectivity index (χ2n) is 7.59. The van der Waals surface area contributed by atoms with Gasteiger partial charge in [-0.25, -0.2) is 9.48 Å². The molecule has 1 heterocycles. The second kappa shape index (κ2) is 6.53. The largest absolute Gasteiger partial charge is 0.478 e. The minimum atomic E-state index is -1.87. The Morgan fingerprint density at radius 2 is 1.96 bits per heavy atom. The third-order valence-corrected chi connectivity index (χ3v) is 9.11. The van der Waals surface area contributed by atoms with Gasteiger partial charge in [0.05, 0.1) is 29.2 Å². The average Bonchev–Trinajstić information content (AvgIpc) is 2.85. The van der Waals surface area contributed by atoms with Crippen LogP contribution in [0, 0.1) is 6.92 Å². The van der Waals surface area contributed by atoms with Crippen LogP contribution >= 0.6 is 0 Å². The Morgan fingerprint density at radius 1 is 1.29 bits per heavy atom. The Kier molecular flexibility index (Phi) is 5.01. The molecule has 24 heavy (non-hydrogen) atoms. The number of carboxylic acid groups (broad SMARTS) is 1. The van der Waals surface area contributed by atoms with Crippen LogP contribution in [0.1, 0.15) is 42.5 Å². The van der Waals surface area contributed by atoms with E-state index in [-0.39, 0.29) is 10.6 Å². The molecule has 0 bridgehead atoms. The number of benzene rings is 1. The molecule has 6 heteroatoms. The fraction of sp³-hybridized carbons (Fsp3) is 0.444. The van der Waals surface area contributed by atoms with Crippen LogP contribution in [0.2, 0.25) is 18.1 Å². The number of hydrogen-bond donors (Lipinski definition) is 1. The van der Waals surface area contributed by atoms with Crippen LogP contribution in [0.3, 0.4) is 0 Å². The Labute approximate surface area is 144 Å². The van der Waals surface area contributed by atoms with Crippen LogP contribution in [0.5, 0.6) is 0 Å². The highest BCUT2D eigenvalue weighted by atomic mass is 28.4. The van der Waals surface area contributed by atoms with Crippen molar-refractivity contribution in [3.05, 3.63) is 47.3 Å². The van der Waals surface area contributed by atoms with Crippen molar-refractivity contribution in [2.75, 3.05) is 0 Å². The van der Waals surface area contributed by atoms with Crippen LogP contribution in [0.4, 0.5) is 0 Å². The van der Waals surface area contributed by atoms with E-state index in [1.54, 1.807) is 22.9 Å². The molecule has 2 aromatic rings. The summed E-state index contributed by atoms with van der Waals surface area (Å²) in [6.07, 6.45) is 0. The first-order chi connectivity index (χ1) is 11.0. The van der Waals surface area contributed by atoms with Crippen molar-refractivity contribution < 1.29 is 14.3 Å². The molecule has 0 unspecified atom stereocenters. The number of nitrogens with zero attached hydrogens (tertiary/aromatic N) is 2. The molecule has 1 aromatic carbocycles. The summed E-state index contributed by atoms with van der Waals surface area (Å²) in [6.45, 7) is 13.4. The Balaban J connectivity index is 2.31. The summed E-state index contributed by atoms with van der Waals surface area (Å²) >= 11 is 0. The lowest BCUT2D eigenvalue weighted by Gasteiger charge is -2.36. The van der Waals surface area contributed by atoms with Crippen molar-refractivity contribution in [3.8, 4) is 5.69 Å². The highest BCUT2D eigenvalue weighted by Gasteiger charge is 2.37. The van der Waals surface area contributed by atoms with Gasteiger partial charge in [0.15, 0.2) is 8.32 Å². The van der Waals surface area contributed by atoms with Crippen molar-refractivity contribution in [1.29, 1.82) is 0 Å². The smallest absolute Gasteiger partial charge is 0.335 e. The van der Waals surface area contributed by atoms with Gasteiger partial charge in [-0.1, -0.05) is 26.8 Å². The van der Waals surface area contributed by atoms with Gasteiger partial charge in [0.2, 0.25) is 0 Å². The number of aromatic nitrogens is 2. The fourth-order valence-electron chi connectivity index (χ4n) is 2.12. The first kappa shape index (κ1) is 18.4. The molecular weight excluding hydrogens is 320 g/mol. The Hall–Kier alpha value is -1.92. The van der Waals surface area contributed by atoms with Crippen LogP contribution in [-0.4, -0.2) is 29.2 Å². The molecular formula is C18H26N2O3Si. The van der Waals surface area contributed by atoms with Gasteiger partial charge in [0, 0.05) is 0 Å². The summed E-state index contributed by atoms with van der Waals surface area (Å²) in [4.78, 5) is 11.2. The van der Waals surface area contributed by atoms with Gasteiger partial charge in [-0.2, -0.15) is 5.10 Å². The van der Waals surface area contributed by atoms with E-state index in [9.17, 15) is 9.90 Å². The summed E-state index contributed by atoms with van der Waals surface area (Å²) in [5.74, 6) is -0.945. The first-order valence-electron chi connectivity index (χ1n) is 8.04. The maximum atomic E-state index is 11.2. The average molecular weight is 347 g/mol. The standard InChI is InChI=1S/C18H26N2O3Si/c1-13-10-16(12-23-24(5,6)18(2,3)4)20(19-13)15-9-7-8-14(11-15)17(21)22/h7-11H,12H2,1-6H3,(H,21,22).